The molecule has 15 heavy (non-hydrogen) atoms. The predicted molar refractivity (Wildman–Crippen MR) is 65.0 cm³/mol. The first-order chi connectivity index (χ1) is 6.81. The fraction of sp³-hybridized carbons (Fsp3) is 0.500. The zero-order valence-electron chi connectivity index (χ0n) is 9.25. The molecule has 0 saturated carbocycles. The number of aryl methyl sites for hydroxylation is 1. The molecule has 0 amide bonds. The van der Waals surface area contributed by atoms with Crippen molar-refractivity contribution in [3.8, 4) is 5.75 Å². The van der Waals surface area contributed by atoms with Crippen molar-refractivity contribution in [3.63, 3.8) is 0 Å². The third kappa shape index (κ3) is 2.64. The Hall–Kier alpha value is -0.730. The van der Waals surface area contributed by atoms with Gasteiger partial charge in [0.2, 0.25) is 0 Å². The summed E-state index contributed by atoms with van der Waals surface area (Å²) in [4.78, 5) is 0. The van der Waals surface area contributed by atoms with E-state index in [9.17, 15) is 0 Å². The van der Waals surface area contributed by atoms with Crippen LogP contribution in [-0.4, -0.2) is 13.7 Å². The van der Waals surface area contributed by atoms with Crippen molar-refractivity contribution < 1.29 is 4.74 Å². The topological polar surface area (TPSA) is 21.3 Å². The van der Waals surface area contributed by atoms with E-state index >= 15 is 0 Å². The molecule has 0 aromatic heterocycles. The Labute approximate surface area is 97.4 Å². The summed E-state index contributed by atoms with van der Waals surface area (Å²) < 4.78 is 5.19. The number of ether oxygens (including phenoxy) is 1. The number of halogens is 1. The minimum Gasteiger partial charge on any atom is -0.497 e. The van der Waals surface area contributed by atoms with Gasteiger partial charge in [-0.3, -0.25) is 0 Å². The second-order valence-electron chi connectivity index (χ2n) is 3.87. The molecule has 1 heterocycles. The maximum absolute atomic E-state index is 5.19. The van der Waals surface area contributed by atoms with Gasteiger partial charge < -0.3 is 10.1 Å². The van der Waals surface area contributed by atoms with Crippen molar-refractivity contribution in [2.75, 3.05) is 13.7 Å². The van der Waals surface area contributed by atoms with E-state index in [1.165, 1.54) is 24.0 Å². The lowest BCUT2D eigenvalue weighted by atomic mass is 10.00. The molecule has 1 saturated heterocycles. The van der Waals surface area contributed by atoms with E-state index in [-0.39, 0.29) is 12.4 Å². The van der Waals surface area contributed by atoms with Gasteiger partial charge >= 0.3 is 0 Å². The Morgan fingerprint density at radius 3 is 2.73 bits per heavy atom. The van der Waals surface area contributed by atoms with Crippen LogP contribution in [0.15, 0.2) is 18.2 Å². The SMILES string of the molecule is COc1ccc([C@H]2CCCN2)c(C)c1.Cl. The summed E-state index contributed by atoms with van der Waals surface area (Å²) in [6.45, 7) is 3.30. The van der Waals surface area contributed by atoms with E-state index in [0.29, 0.717) is 6.04 Å². The smallest absolute Gasteiger partial charge is 0.119 e. The molecule has 1 aliphatic heterocycles. The Balaban J connectivity index is 0.00000112. The average Bonchev–Trinajstić information content (AvgIpc) is 2.70. The molecule has 0 radical (unpaired) electrons. The molecule has 0 unspecified atom stereocenters. The Morgan fingerprint density at radius 1 is 1.40 bits per heavy atom. The first-order valence-corrected chi connectivity index (χ1v) is 5.19. The van der Waals surface area contributed by atoms with E-state index in [2.05, 4.69) is 24.4 Å². The van der Waals surface area contributed by atoms with Crippen molar-refractivity contribution in [3.05, 3.63) is 29.3 Å². The van der Waals surface area contributed by atoms with Crippen LogP contribution in [-0.2, 0) is 0 Å². The lowest BCUT2D eigenvalue weighted by Crippen LogP contribution is -2.13. The lowest BCUT2D eigenvalue weighted by molar-refractivity contribution is 0.414. The minimum absolute atomic E-state index is 0. The third-order valence-corrected chi connectivity index (χ3v) is 2.91. The quantitative estimate of drug-likeness (QED) is 0.839. The molecule has 84 valence electrons. The summed E-state index contributed by atoms with van der Waals surface area (Å²) in [6, 6.07) is 6.88. The summed E-state index contributed by atoms with van der Waals surface area (Å²) in [5.74, 6) is 0.948. The second kappa shape index (κ2) is 5.38. The third-order valence-electron chi connectivity index (χ3n) is 2.91. The number of methoxy groups -OCH3 is 1. The van der Waals surface area contributed by atoms with Crippen molar-refractivity contribution in [1.29, 1.82) is 0 Å². The van der Waals surface area contributed by atoms with E-state index in [1.807, 2.05) is 6.07 Å². The van der Waals surface area contributed by atoms with E-state index in [1.54, 1.807) is 7.11 Å². The van der Waals surface area contributed by atoms with Crippen LogP contribution in [0.25, 0.3) is 0 Å². The van der Waals surface area contributed by atoms with E-state index in [4.69, 9.17) is 4.74 Å². The second-order valence-corrected chi connectivity index (χ2v) is 3.87. The molecule has 1 fully saturated rings. The maximum atomic E-state index is 5.19. The van der Waals surface area contributed by atoms with Crippen LogP contribution in [0.4, 0.5) is 0 Å². The largest absolute Gasteiger partial charge is 0.497 e. The highest BCUT2D eigenvalue weighted by Crippen LogP contribution is 2.27. The highest BCUT2D eigenvalue weighted by Gasteiger charge is 2.17. The highest BCUT2D eigenvalue weighted by molar-refractivity contribution is 5.85. The fourth-order valence-electron chi connectivity index (χ4n) is 2.12. The molecule has 0 spiro atoms. The minimum atomic E-state index is 0. The molecule has 2 rings (SSSR count). The summed E-state index contributed by atoms with van der Waals surface area (Å²) in [5.41, 5.74) is 2.74. The fourth-order valence-corrected chi connectivity index (χ4v) is 2.12. The predicted octanol–water partition coefficient (Wildman–Crippen LogP) is 2.85. The van der Waals surface area contributed by atoms with Crippen molar-refractivity contribution in [1.82, 2.24) is 5.32 Å². The number of benzene rings is 1. The summed E-state index contributed by atoms with van der Waals surface area (Å²) in [7, 11) is 1.71. The molecule has 1 aromatic carbocycles. The normalized spacial score (nSPS) is 19.7. The number of hydrogen-bond acceptors (Lipinski definition) is 2. The summed E-state index contributed by atoms with van der Waals surface area (Å²) >= 11 is 0. The molecule has 2 nitrogen and oxygen atoms in total. The molecule has 1 atom stereocenters. The van der Waals surface area contributed by atoms with Crippen LogP contribution < -0.4 is 10.1 Å². The van der Waals surface area contributed by atoms with Gasteiger partial charge in [-0.15, -0.1) is 12.4 Å². The van der Waals surface area contributed by atoms with Crippen LogP contribution in [0, 0.1) is 6.92 Å². The van der Waals surface area contributed by atoms with Gasteiger partial charge in [-0.25, -0.2) is 0 Å². The van der Waals surface area contributed by atoms with Gasteiger partial charge in [0.05, 0.1) is 7.11 Å². The first-order valence-electron chi connectivity index (χ1n) is 5.19. The Morgan fingerprint density at radius 2 is 2.20 bits per heavy atom. The first kappa shape index (κ1) is 12.3. The van der Waals surface area contributed by atoms with Gasteiger partial charge in [-0.2, -0.15) is 0 Å². The van der Waals surface area contributed by atoms with Crippen LogP contribution in [0.5, 0.6) is 5.75 Å². The van der Waals surface area contributed by atoms with Gasteiger partial charge in [-0.1, -0.05) is 6.07 Å². The monoisotopic (exact) mass is 227 g/mol. The molecular weight excluding hydrogens is 210 g/mol. The molecular formula is C12H18ClNO. The molecule has 0 bridgehead atoms. The van der Waals surface area contributed by atoms with Crippen LogP contribution in [0.1, 0.15) is 30.0 Å². The molecule has 3 heteroatoms. The lowest BCUT2D eigenvalue weighted by Gasteiger charge is -2.14. The molecule has 1 aliphatic rings. The van der Waals surface area contributed by atoms with Crippen molar-refractivity contribution in [2.45, 2.75) is 25.8 Å². The Bertz CT molecular complexity index is 321. The maximum Gasteiger partial charge on any atom is 0.119 e. The van der Waals surface area contributed by atoms with Crippen LogP contribution in [0.3, 0.4) is 0 Å². The number of nitrogens with one attached hydrogen (secondary N) is 1. The standard InChI is InChI=1S/C12H17NO.ClH/c1-9-8-10(14-2)5-6-11(9)12-4-3-7-13-12;/h5-6,8,12-13H,3-4,7H2,1-2H3;1H/t12-;/m1./s1. The van der Waals surface area contributed by atoms with Crippen LogP contribution >= 0.6 is 12.4 Å². The van der Waals surface area contributed by atoms with E-state index in [0.717, 1.165) is 12.3 Å². The molecule has 0 aliphatic carbocycles. The van der Waals surface area contributed by atoms with Crippen LogP contribution in [0.2, 0.25) is 0 Å². The van der Waals surface area contributed by atoms with Gasteiger partial charge in [0.25, 0.3) is 0 Å². The van der Waals surface area contributed by atoms with Gasteiger partial charge in [0.15, 0.2) is 0 Å². The summed E-state index contributed by atoms with van der Waals surface area (Å²) in [6.07, 6.45) is 2.54. The summed E-state index contributed by atoms with van der Waals surface area (Å²) in [5, 5.41) is 3.51. The van der Waals surface area contributed by atoms with Crippen molar-refractivity contribution in [2.24, 2.45) is 0 Å². The van der Waals surface area contributed by atoms with Gasteiger partial charge in [-0.05, 0) is 49.6 Å². The zero-order valence-corrected chi connectivity index (χ0v) is 10.1. The average molecular weight is 228 g/mol. The Kier molecular flexibility index (Phi) is 4.43. The number of hydrogen-bond donors (Lipinski definition) is 1. The molecule has 1 N–H and O–H groups in total. The van der Waals surface area contributed by atoms with Gasteiger partial charge in [0.1, 0.15) is 5.75 Å². The number of rotatable bonds is 2. The van der Waals surface area contributed by atoms with Crippen molar-refractivity contribution >= 4 is 12.4 Å². The zero-order chi connectivity index (χ0) is 9.97. The van der Waals surface area contributed by atoms with Gasteiger partial charge in [0, 0.05) is 6.04 Å². The highest BCUT2D eigenvalue weighted by atomic mass is 35.5. The molecule has 1 aromatic rings. The van der Waals surface area contributed by atoms with E-state index < -0.39 is 0 Å².